The minimum absolute atomic E-state index is 0.224. The maximum atomic E-state index is 12.4. The molecule has 25 heavy (non-hydrogen) atoms. The van der Waals surface area contributed by atoms with Gasteiger partial charge in [0.2, 0.25) is 5.91 Å². The van der Waals surface area contributed by atoms with E-state index < -0.39 is 30.3 Å². The van der Waals surface area contributed by atoms with E-state index in [0.717, 1.165) is 34.6 Å². The van der Waals surface area contributed by atoms with E-state index in [1.807, 2.05) is 19.1 Å². The molecule has 2 fully saturated rings. The Bertz CT molecular complexity index is 708. The van der Waals surface area contributed by atoms with Crippen LogP contribution in [0.25, 0.3) is 0 Å². The second-order valence-electron chi connectivity index (χ2n) is 6.39. The van der Waals surface area contributed by atoms with E-state index >= 15 is 0 Å². The molecule has 1 heterocycles. The van der Waals surface area contributed by atoms with Gasteiger partial charge in [0, 0.05) is 11.7 Å². The van der Waals surface area contributed by atoms with Crippen LogP contribution in [0.1, 0.15) is 38.2 Å². The maximum absolute atomic E-state index is 12.4. The van der Waals surface area contributed by atoms with Crippen LogP contribution >= 0.6 is 0 Å². The third-order valence-electron chi connectivity index (χ3n) is 4.72. The number of urea groups is 1. The van der Waals surface area contributed by atoms with E-state index in [1.54, 1.807) is 12.1 Å². The standard InChI is InChI=1S/C18H21N3O4/c1-2-12-7-9-13(10-8-12)19-15(22)11-20-16(23)17(24)21(18(20)25)14-5-3-4-6-14/h7-10,14H,2-6,11H2,1H3,(H,19,22). The molecular formula is C18H21N3O4. The van der Waals surface area contributed by atoms with Gasteiger partial charge in [0.15, 0.2) is 0 Å². The Labute approximate surface area is 146 Å². The molecular weight excluding hydrogens is 322 g/mol. The predicted octanol–water partition coefficient (Wildman–Crippen LogP) is 1.92. The van der Waals surface area contributed by atoms with E-state index in [4.69, 9.17) is 0 Å². The molecule has 1 N–H and O–H groups in total. The quantitative estimate of drug-likeness (QED) is 0.654. The van der Waals surface area contributed by atoms with Crippen LogP contribution in [0.4, 0.5) is 10.5 Å². The summed E-state index contributed by atoms with van der Waals surface area (Å²) >= 11 is 0. The SMILES string of the molecule is CCc1ccc(NC(=O)CN2C(=O)C(=O)N(C3CCCC3)C2=O)cc1. The highest BCUT2D eigenvalue weighted by Gasteiger charge is 2.48. The molecule has 7 nitrogen and oxygen atoms in total. The Morgan fingerprint density at radius 1 is 1.08 bits per heavy atom. The first-order valence-corrected chi connectivity index (χ1v) is 8.59. The van der Waals surface area contributed by atoms with Gasteiger partial charge >= 0.3 is 17.8 Å². The smallest absolute Gasteiger partial charge is 0.325 e. The summed E-state index contributed by atoms with van der Waals surface area (Å²) in [5.74, 6) is -2.25. The normalized spacial score (nSPS) is 18.4. The summed E-state index contributed by atoms with van der Waals surface area (Å²) in [6.07, 6.45) is 4.20. The van der Waals surface area contributed by atoms with Crippen LogP contribution in [-0.2, 0) is 20.8 Å². The van der Waals surface area contributed by atoms with Crippen molar-refractivity contribution in [1.29, 1.82) is 0 Å². The largest absolute Gasteiger partial charge is 0.334 e. The molecule has 0 radical (unpaired) electrons. The lowest BCUT2D eigenvalue weighted by Crippen LogP contribution is -2.41. The van der Waals surface area contributed by atoms with E-state index in [-0.39, 0.29) is 6.04 Å². The summed E-state index contributed by atoms with van der Waals surface area (Å²) < 4.78 is 0. The number of amides is 5. The zero-order chi connectivity index (χ0) is 18.0. The lowest BCUT2D eigenvalue weighted by atomic mass is 10.1. The Hall–Kier alpha value is -2.70. The van der Waals surface area contributed by atoms with Gasteiger partial charge in [-0.05, 0) is 37.0 Å². The van der Waals surface area contributed by atoms with Crippen LogP contribution in [-0.4, -0.2) is 46.1 Å². The number of hydrogen-bond acceptors (Lipinski definition) is 4. The summed E-state index contributed by atoms with van der Waals surface area (Å²) in [5, 5.41) is 2.65. The van der Waals surface area contributed by atoms with E-state index in [1.165, 1.54) is 0 Å². The minimum atomic E-state index is -0.923. The highest BCUT2D eigenvalue weighted by molar-refractivity contribution is 6.45. The van der Waals surface area contributed by atoms with Gasteiger partial charge in [-0.1, -0.05) is 31.9 Å². The summed E-state index contributed by atoms with van der Waals surface area (Å²) in [7, 11) is 0. The Morgan fingerprint density at radius 2 is 1.72 bits per heavy atom. The molecule has 2 aliphatic rings. The summed E-state index contributed by atoms with van der Waals surface area (Å²) in [5.41, 5.74) is 1.72. The molecule has 1 aliphatic heterocycles. The fourth-order valence-electron chi connectivity index (χ4n) is 3.31. The first-order chi connectivity index (χ1) is 12.0. The molecule has 0 spiro atoms. The van der Waals surface area contributed by atoms with Crippen molar-refractivity contribution in [2.45, 2.75) is 45.1 Å². The van der Waals surface area contributed by atoms with E-state index in [9.17, 15) is 19.2 Å². The number of anilines is 1. The molecule has 1 aromatic carbocycles. The third kappa shape index (κ3) is 3.40. The molecule has 0 unspecified atom stereocenters. The molecule has 0 atom stereocenters. The minimum Gasteiger partial charge on any atom is -0.325 e. The number of nitrogens with zero attached hydrogens (tertiary/aromatic N) is 2. The molecule has 0 aromatic heterocycles. The maximum Gasteiger partial charge on any atom is 0.334 e. The second kappa shape index (κ2) is 7.04. The van der Waals surface area contributed by atoms with E-state index in [0.29, 0.717) is 18.5 Å². The fourth-order valence-corrected chi connectivity index (χ4v) is 3.31. The third-order valence-corrected chi connectivity index (χ3v) is 4.72. The van der Waals surface area contributed by atoms with Crippen molar-refractivity contribution in [1.82, 2.24) is 9.80 Å². The average Bonchev–Trinajstić information content (AvgIpc) is 3.19. The average molecular weight is 343 g/mol. The lowest BCUT2D eigenvalue weighted by Gasteiger charge is -2.20. The number of carbonyl (C=O) groups is 4. The number of benzene rings is 1. The van der Waals surface area contributed by atoms with Crippen molar-refractivity contribution < 1.29 is 19.2 Å². The Kier molecular flexibility index (Phi) is 4.83. The molecule has 0 bridgehead atoms. The predicted molar refractivity (Wildman–Crippen MR) is 90.7 cm³/mol. The zero-order valence-electron chi connectivity index (χ0n) is 14.2. The summed E-state index contributed by atoms with van der Waals surface area (Å²) in [4.78, 5) is 50.5. The van der Waals surface area contributed by atoms with Crippen LogP contribution in [0.3, 0.4) is 0 Å². The molecule has 1 saturated heterocycles. The van der Waals surface area contributed by atoms with Crippen LogP contribution in [0.5, 0.6) is 0 Å². The highest BCUT2D eigenvalue weighted by atomic mass is 16.2. The van der Waals surface area contributed by atoms with Crippen LogP contribution in [0.2, 0.25) is 0 Å². The topological polar surface area (TPSA) is 86.8 Å². The van der Waals surface area contributed by atoms with Gasteiger partial charge in [0.1, 0.15) is 6.54 Å². The molecule has 132 valence electrons. The zero-order valence-corrected chi connectivity index (χ0v) is 14.2. The Morgan fingerprint density at radius 3 is 2.32 bits per heavy atom. The van der Waals surface area contributed by atoms with Crippen molar-refractivity contribution >= 4 is 29.4 Å². The lowest BCUT2D eigenvalue weighted by molar-refractivity contribution is -0.144. The van der Waals surface area contributed by atoms with Crippen molar-refractivity contribution in [2.75, 3.05) is 11.9 Å². The number of aryl methyl sites for hydroxylation is 1. The van der Waals surface area contributed by atoms with Gasteiger partial charge in [0.25, 0.3) is 0 Å². The first kappa shape index (κ1) is 17.1. The number of hydrogen-bond donors (Lipinski definition) is 1. The van der Waals surface area contributed by atoms with Crippen molar-refractivity contribution in [3.63, 3.8) is 0 Å². The number of rotatable bonds is 5. The highest BCUT2D eigenvalue weighted by Crippen LogP contribution is 2.27. The number of imide groups is 2. The van der Waals surface area contributed by atoms with Crippen LogP contribution in [0.15, 0.2) is 24.3 Å². The molecule has 1 aromatic rings. The van der Waals surface area contributed by atoms with Crippen LogP contribution < -0.4 is 5.32 Å². The molecule has 7 heteroatoms. The number of carbonyl (C=O) groups excluding carboxylic acids is 4. The molecule has 1 aliphatic carbocycles. The number of nitrogens with one attached hydrogen (secondary N) is 1. The molecule has 5 amide bonds. The van der Waals surface area contributed by atoms with Gasteiger partial charge in [-0.25, -0.2) is 9.69 Å². The monoisotopic (exact) mass is 343 g/mol. The van der Waals surface area contributed by atoms with E-state index in [2.05, 4.69) is 5.32 Å². The summed E-state index contributed by atoms with van der Waals surface area (Å²) in [6.45, 7) is 1.58. The van der Waals surface area contributed by atoms with Gasteiger partial charge in [-0.2, -0.15) is 0 Å². The van der Waals surface area contributed by atoms with Crippen molar-refractivity contribution in [2.24, 2.45) is 0 Å². The molecule has 3 rings (SSSR count). The van der Waals surface area contributed by atoms with Crippen molar-refractivity contribution in [3.8, 4) is 0 Å². The summed E-state index contributed by atoms with van der Waals surface area (Å²) in [6, 6.07) is 6.41. The first-order valence-electron chi connectivity index (χ1n) is 8.59. The Balaban J connectivity index is 1.64. The fraction of sp³-hybridized carbons (Fsp3) is 0.444. The van der Waals surface area contributed by atoms with Crippen LogP contribution in [0, 0.1) is 0 Å². The van der Waals surface area contributed by atoms with Gasteiger partial charge in [-0.15, -0.1) is 0 Å². The van der Waals surface area contributed by atoms with Gasteiger partial charge < -0.3 is 5.32 Å². The second-order valence-corrected chi connectivity index (χ2v) is 6.39. The van der Waals surface area contributed by atoms with Gasteiger partial charge in [-0.3, -0.25) is 19.3 Å². The van der Waals surface area contributed by atoms with Gasteiger partial charge in [0.05, 0.1) is 0 Å². The molecule has 1 saturated carbocycles. The van der Waals surface area contributed by atoms with Crippen molar-refractivity contribution in [3.05, 3.63) is 29.8 Å².